The van der Waals surface area contributed by atoms with E-state index in [1.807, 2.05) is 0 Å². The van der Waals surface area contributed by atoms with Gasteiger partial charge in [0.15, 0.2) is 5.92 Å². The molecular formula is C14H20O8. The molecule has 0 aromatic heterocycles. The highest BCUT2D eigenvalue weighted by molar-refractivity contribution is 5.98. The van der Waals surface area contributed by atoms with Crippen LogP contribution in [0.15, 0.2) is 0 Å². The molecule has 1 atom stereocenters. The Kier molecular flexibility index (Phi) is 5.29. The molecule has 0 amide bonds. The molecule has 0 radical (unpaired) electrons. The van der Waals surface area contributed by atoms with Gasteiger partial charge in [-0.3, -0.25) is 14.4 Å². The molecule has 1 heterocycles. The molecule has 0 bridgehead atoms. The van der Waals surface area contributed by atoms with Gasteiger partial charge in [-0.2, -0.15) is 0 Å². The average molecular weight is 316 g/mol. The Morgan fingerprint density at radius 3 is 2.23 bits per heavy atom. The molecule has 22 heavy (non-hydrogen) atoms. The largest absolute Gasteiger partial charge is 0.433 e. The minimum absolute atomic E-state index is 0.314. The lowest BCUT2D eigenvalue weighted by Crippen LogP contribution is -2.47. The first-order valence-corrected chi connectivity index (χ1v) is 6.70. The molecule has 0 saturated carbocycles. The van der Waals surface area contributed by atoms with Crippen molar-refractivity contribution in [1.82, 2.24) is 0 Å². The summed E-state index contributed by atoms with van der Waals surface area (Å²) in [6, 6.07) is 0. The predicted molar refractivity (Wildman–Crippen MR) is 71.1 cm³/mol. The minimum atomic E-state index is -1.36. The fourth-order valence-corrected chi connectivity index (χ4v) is 1.76. The van der Waals surface area contributed by atoms with Crippen molar-refractivity contribution in [3.63, 3.8) is 0 Å². The topological polar surface area (TPSA) is 105 Å². The van der Waals surface area contributed by atoms with Crippen molar-refractivity contribution in [2.75, 3.05) is 7.11 Å². The lowest BCUT2D eigenvalue weighted by molar-refractivity contribution is -0.240. The number of cyclic esters (lactones) is 2. The molecule has 1 saturated heterocycles. The van der Waals surface area contributed by atoms with Crippen molar-refractivity contribution >= 4 is 24.2 Å². The van der Waals surface area contributed by atoms with Gasteiger partial charge in [0.05, 0.1) is 0 Å². The second-order valence-electron chi connectivity index (χ2n) is 5.80. The summed E-state index contributed by atoms with van der Waals surface area (Å²) in [6.07, 6.45) is -0.0652. The molecule has 8 nitrogen and oxygen atoms in total. The van der Waals surface area contributed by atoms with Crippen LogP contribution in [0.25, 0.3) is 0 Å². The van der Waals surface area contributed by atoms with Gasteiger partial charge in [-0.05, 0) is 6.42 Å². The number of ether oxygens (including phenoxy) is 4. The van der Waals surface area contributed by atoms with Crippen molar-refractivity contribution in [1.29, 1.82) is 0 Å². The summed E-state index contributed by atoms with van der Waals surface area (Å²) in [7, 11) is 1.33. The quantitative estimate of drug-likeness (QED) is 0.303. The molecule has 1 aliphatic heterocycles. The maximum absolute atomic E-state index is 11.9. The molecular weight excluding hydrogens is 296 g/mol. The fraction of sp³-hybridized carbons (Fsp3) is 0.714. The molecule has 1 rings (SSSR count). The van der Waals surface area contributed by atoms with E-state index in [-0.39, 0.29) is 6.42 Å². The van der Waals surface area contributed by atoms with E-state index in [1.165, 1.54) is 34.8 Å². The van der Waals surface area contributed by atoms with E-state index in [0.29, 0.717) is 6.29 Å². The van der Waals surface area contributed by atoms with Crippen molar-refractivity contribution in [3.8, 4) is 0 Å². The fourth-order valence-electron chi connectivity index (χ4n) is 1.76. The zero-order valence-electron chi connectivity index (χ0n) is 13.2. The number of rotatable bonds is 6. The van der Waals surface area contributed by atoms with E-state index >= 15 is 0 Å². The van der Waals surface area contributed by atoms with E-state index in [0.717, 1.165) is 0 Å². The van der Waals surface area contributed by atoms with E-state index in [1.54, 1.807) is 0 Å². The highest BCUT2D eigenvalue weighted by atomic mass is 16.7. The van der Waals surface area contributed by atoms with Gasteiger partial charge >= 0.3 is 17.9 Å². The van der Waals surface area contributed by atoms with Crippen LogP contribution in [0.1, 0.15) is 34.1 Å². The summed E-state index contributed by atoms with van der Waals surface area (Å²) < 4.78 is 19.8. The van der Waals surface area contributed by atoms with E-state index in [2.05, 4.69) is 0 Å². The van der Waals surface area contributed by atoms with Gasteiger partial charge in [-0.15, -0.1) is 0 Å². The van der Waals surface area contributed by atoms with Crippen LogP contribution >= 0.6 is 0 Å². The van der Waals surface area contributed by atoms with Crippen molar-refractivity contribution in [3.05, 3.63) is 0 Å². The molecule has 1 aliphatic rings. The van der Waals surface area contributed by atoms with Gasteiger partial charge in [0.25, 0.3) is 5.79 Å². The maximum Gasteiger partial charge on any atom is 0.323 e. The predicted octanol–water partition coefficient (Wildman–Crippen LogP) is 0.570. The SMILES string of the molecule is COC(C)(C)OC(=O)C(C=O)CC1C(=O)OC(C)(C)OC1=O. The number of hydrogen-bond donors (Lipinski definition) is 0. The Bertz CT molecular complexity index is 459. The van der Waals surface area contributed by atoms with Gasteiger partial charge in [-0.1, -0.05) is 0 Å². The Balaban J connectivity index is 2.78. The summed E-state index contributed by atoms with van der Waals surface area (Å²) in [5.41, 5.74) is 0. The highest BCUT2D eigenvalue weighted by Crippen LogP contribution is 2.27. The van der Waals surface area contributed by atoms with Gasteiger partial charge in [0.2, 0.25) is 5.79 Å². The van der Waals surface area contributed by atoms with Crippen LogP contribution in [0.2, 0.25) is 0 Å². The van der Waals surface area contributed by atoms with E-state index in [9.17, 15) is 19.2 Å². The highest BCUT2D eigenvalue weighted by Gasteiger charge is 2.45. The molecule has 0 N–H and O–H groups in total. The number of aldehydes is 1. The standard InChI is InChI=1S/C14H20O8/c1-13(2,19-5)20-10(16)8(7-15)6-9-11(17)21-14(3,4)22-12(9)18/h7-9H,6H2,1-5H3. The van der Waals surface area contributed by atoms with Gasteiger partial charge in [0, 0.05) is 34.8 Å². The Hall–Kier alpha value is -1.96. The van der Waals surface area contributed by atoms with Crippen LogP contribution in [0.4, 0.5) is 0 Å². The molecule has 124 valence electrons. The van der Waals surface area contributed by atoms with Crippen LogP contribution in [-0.2, 0) is 38.1 Å². The van der Waals surface area contributed by atoms with Crippen molar-refractivity contribution < 1.29 is 38.1 Å². The first kappa shape index (κ1) is 18.1. The smallest absolute Gasteiger partial charge is 0.323 e. The first-order valence-electron chi connectivity index (χ1n) is 6.70. The molecule has 8 heteroatoms. The molecule has 0 aromatic rings. The second-order valence-corrected chi connectivity index (χ2v) is 5.80. The third kappa shape index (κ3) is 4.52. The number of carbonyl (C=O) groups is 4. The molecule has 0 aromatic carbocycles. The van der Waals surface area contributed by atoms with Crippen LogP contribution in [0.3, 0.4) is 0 Å². The maximum atomic E-state index is 11.9. The first-order chi connectivity index (χ1) is 10.0. The lowest BCUT2D eigenvalue weighted by Gasteiger charge is -2.33. The number of carbonyl (C=O) groups excluding carboxylic acids is 4. The molecule has 0 aliphatic carbocycles. The van der Waals surface area contributed by atoms with Crippen LogP contribution in [0, 0.1) is 11.8 Å². The van der Waals surface area contributed by atoms with Crippen LogP contribution in [0.5, 0.6) is 0 Å². The zero-order valence-corrected chi connectivity index (χ0v) is 13.2. The summed E-state index contributed by atoms with van der Waals surface area (Å²) in [6.45, 7) is 5.79. The number of hydrogen-bond acceptors (Lipinski definition) is 8. The number of esters is 3. The average Bonchev–Trinajstić information content (AvgIpc) is 2.36. The van der Waals surface area contributed by atoms with Crippen molar-refractivity contribution in [2.24, 2.45) is 11.8 Å². The van der Waals surface area contributed by atoms with Gasteiger partial charge < -0.3 is 23.7 Å². The van der Waals surface area contributed by atoms with Gasteiger partial charge in [0.1, 0.15) is 12.2 Å². The summed E-state index contributed by atoms with van der Waals surface area (Å²) in [5, 5.41) is 0. The van der Waals surface area contributed by atoms with Crippen LogP contribution in [-0.4, -0.2) is 42.9 Å². The summed E-state index contributed by atoms with van der Waals surface area (Å²) in [4.78, 5) is 46.7. The third-order valence-corrected chi connectivity index (χ3v) is 3.06. The minimum Gasteiger partial charge on any atom is -0.433 e. The number of methoxy groups -OCH3 is 1. The normalized spacial score (nSPS) is 19.9. The van der Waals surface area contributed by atoms with Crippen LogP contribution < -0.4 is 0 Å². The Labute approximate surface area is 128 Å². The molecule has 1 fully saturated rings. The Morgan fingerprint density at radius 1 is 1.32 bits per heavy atom. The van der Waals surface area contributed by atoms with Crippen molar-refractivity contribution in [2.45, 2.75) is 45.7 Å². The van der Waals surface area contributed by atoms with E-state index in [4.69, 9.17) is 18.9 Å². The Morgan fingerprint density at radius 2 is 1.82 bits per heavy atom. The molecule has 1 unspecified atom stereocenters. The second kappa shape index (κ2) is 6.43. The summed E-state index contributed by atoms with van der Waals surface area (Å²) >= 11 is 0. The zero-order chi connectivity index (χ0) is 17.1. The molecule has 0 spiro atoms. The monoisotopic (exact) mass is 316 g/mol. The van der Waals surface area contributed by atoms with E-state index < -0.39 is 41.3 Å². The lowest BCUT2D eigenvalue weighted by atomic mass is 9.94. The van der Waals surface area contributed by atoms with Gasteiger partial charge in [-0.25, -0.2) is 0 Å². The summed E-state index contributed by atoms with van der Waals surface area (Å²) in [5.74, 6) is -7.82. The third-order valence-electron chi connectivity index (χ3n) is 3.06.